The summed E-state index contributed by atoms with van der Waals surface area (Å²) in [7, 11) is 1.66. The Hall–Kier alpha value is -0.650. The zero-order valence-corrected chi connectivity index (χ0v) is 11.1. The number of nitrogens with zero attached hydrogens (tertiary/aromatic N) is 1. The number of methoxy groups -OCH3 is 1. The standard InChI is InChI=1S/C13H24N2O3/c1-18-6-2-5-14-13(17)9-15-7-10-3-4-12(16)11(10)8-15/h10-12,16H,2-9H2,1H3,(H,14,17). The van der Waals surface area contributed by atoms with E-state index < -0.39 is 0 Å². The molecule has 5 nitrogen and oxygen atoms in total. The largest absolute Gasteiger partial charge is 0.393 e. The van der Waals surface area contributed by atoms with Crippen molar-refractivity contribution in [3.63, 3.8) is 0 Å². The average molecular weight is 256 g/mol. The van der Waals surface area contributed by atoms with Crippen LogP contribution in [0.3, 0.4) is 0 Å². The van der Waals surface area contributed by atoms with E-state index in [-0.39, 0.29) is 12.0 Å². The van der Waals surface area contributed by atoms with Crippen molar-refractivity contribution in [2.75, 3.05) is 39.9 Å². The Morgan fingerprint density at radius 2 is 2.28 bits per heavy atom. The predicted molar refractivity (Wildman–Crippen MR) is 68.2 cm³/mol. The molecule has 0 aromatic carbocycles. The van der Waals surface area contributed by atoms with Crippen LogP contribution in [0.25, 0.3) is 0 Å². The van der Waals surface area contributed by atoms with E-state index in [0.29, 0.717) is 31.5 Å². The molecule has 1 aliphatic carbocycles. The Bertz CT molecular complexity index is 285. The monoisotopic (exact) mass is 256 g/mol. The number of hydrogen-bond donors (Lipinski definition) is 2. The molecule has 5 heteroatoms. The van der Waals surface area contributed by atoms with Crippen molar-refractivity contribution >= 4 is 5.91 Å². The highest BCUT2D eigenvalue weighted by Gasteiger charge is 2.41. The number of hydrogen-bond acceptors (Lipinski definition) is 4. The van der Waals surface area contributed by atoms with Gasteiger partial charge in [-0.3, -0.25) is 9.69 Å². The van der Waals surface area contributed by atoms with Crippen LogP contribution in [0, 0.1) is 11.8 Å². The molecular weight excluding hydrogens is 232 g/mol. The first-order chi connectivity index (χ1) is 8.70. The summed E-state index contributed by atoms with van der Waals surface area (Å²) in [4.78, 5) is 13.9. The van der Waals surface area contributed by atoms with Crippen molar-refractivity contribution in [1.29, 1.82) is 0 Å². The van der Waals surface area contributed by atoms with Gasteiger partial charge >= 0.3 is 0 Å². The molecule has 0 bridgehead atoms. The molecule has 0 aromatic heterocycles. The van der Waals surface area contributed by atoms with E-state index in [4.69, 9.17) is 4.74 Å². The highest BCUT2D eigenvalue weighted by atomic mass is 16.5. The van der Waals surface area contributed by atoms with E-state index in [9.17, 15) is 9.90 Å². The molecule has 2 fully saturated rings. The van der Waals surface area contributed by atoms with Crippen molar-refractivity contribution in [2.24, 2.45) is 11.8 Å². The number of likely N-dealkylation sites (tertiary alicyclic amines) is 1. The van der Waals surface area contributed by atoms with Crippen LogP contribution < -0.4 is 5.32 Å². The third kappa shape index (κ3) is 3.43. The highest BCUT2D eigenvalue weighted by molar-refractivity contribution is 5.78. The lowest BCUT2D eigenvalue weighted by Gasteiger charge is -2.17. The molecule has 1 aliphatic heterocycles. The summed E-state index contributed by atoms with van der Waals surface area (Å²) in [5, 5.41) is 12.7. The van der Waals surface area contributed by atoms with Crippen LogP contribution >= 0.6 is 0 Å². The van der Waals surface area contributed by atoms with Crippen molar-refractivity contribution < 1.29 is 14.6 Å². The lowest BCUT2D eigenvalue weighted by molar-refractivity contribution is -0.122. The van der Waals surface area contributed by atoms with Gasteiger partial charge in [0.25, 0.3) is 0 Å². The normalized spacial score (nSPS) is 31.6. The van der Waals surface area contributed by atoms with Crippen molar-refractivity contribution in [2.45, 2.75) is 25.4 Å². The van der Waals surface area contributed by atoms with Crippen molar-refractivity contribution in [3.8, 4) is 0 Å². The van der Waals surface area contributed by atoms with Crippen LogP contribution in [0.1, 0.15) is 19.3 Å². The number of aliphatic hydroxyl groups is 1. The fraction of sp³-hybridized carbons (Fsp3) is 0.923. The van der Waals surface area contributed by atoms with E-state index in [1.54, 1.807) is 7.11 Å². The number of carbonyl (C=O) groups is 1. The number of amides is 1. The Morgan fingerprint density at radius 3 is 3.00 bits per heavy atom. The number of fused-ring (bicyclic) bond motifs is 1. The van der Waals surface area contributed by atoms with E-state index in [2.05, 4.69) is 10.2 Å². The fourth-order valence-corrected chi connectivity index (χ4v) is 3.16. The maximum Gasteiger partial charge on any atom is 0.234 e. The maximum atomic E-state index is 11.7. The molecule has 1 saturated heterocycles. The molecule has 2 aliphatic rings. The first kappa shape index (κ1) is 13.8. The average Bonchev–Trinajstić information content (AvgIpc) is 2.87. The number of nitrogens with one attached hydrogen (secondary N) is 1. The van der Waals surface area contributed by atoms with Gasteiger partial charge < -0.3 is 15.2 Å². The highest BCUT2D eigenvalue weighted by Crippen LogP contribution is 2.37. The van der Waals surface area contributed by atoms with E-state index in [1.807, 2.05) is 0 Å². The van der Waals surface area contributed by atoms with Gasteiger partial charge in [-0.05, 0) is 25.2 Å². The van der Waals surface area contributed by atoms with Gasteiger partial charge in [0.15, 0.2) is 0 Å². The SMILES string of the molecule is COCCCNC(=O)CN1CC2CCC(O)C2C1. The molecule has 1 heterocycles. The van der Waals surface area contributed by atoms with Gasteiger partial charge in [-0.25, -0.2) is 0 Å². The second-order valence-electron chi connectivity index (χ2n) is 5.46. The number of aliphatic hydroxyl groups excluding tert-OH is 1. The van der Waals surface area contributed by atoms with Gasteiger partial charge in [0.1, 0.15) is 0 Å². The van der Waals surface area contributed by atoms with Gasteiger partial charge in [0.2, 0.25) is 5.91 Å². The second kappa shape index (κ2) is 6.50. The molecule has 104 valence electrons. The smallest absolute Gasteiger partial charge is 0.234 e. The Labute approximate surface area is 108 Å². The molecule has 2 rings (SSSR count). The van der Waals surface area contributed by atoms with Crippen LogP contribution in [-0.4, -0.2) is 61.9 Å². The Kier molecular flexibility index (Phi) is 4.97. The molecule has 0 radical (unpaired) electrons. The number of carbonyl (C=O) groups excluding carboxylic acids is 1. The van der Waals surface area contributed by atoms with Gasteiger partial charge in [-0.1, -0.05) is 0 Å². The summed E-state index contributed by atoms with van der Waals surface area (Å²) in [6.07, 6.45) is 2.75. The van der Waals surface area contributed by atoms with Crippen LogP contribution in [-0.2, 0) is 9.53 Å². The summed E-state index contributed by atoms with van der Waals surface area (Å²) in [6.45, 7) is 3.66. The van der Waals surface area contributed by atoms with Gasteiger partial charge in [0, 0.05) is 39.3 Å². The summed E-state index contributed by atoms with van der Waals surface area (Å²) < 4.78 is 4.93. The van der Waals surface area contributed by atoms with E-state index >= 15 is 0 Å². The van der Waals surface area contributed by atoms with Gasteiger partial charge in [0.05, 0.1) is 12.6 Å². The molecule has 3 atom stereocenters. The Balaban J connectivity index is 1.64. The summed E-state index contributed by atoms with van der Waals surface area (Å²) in [5.74, 6) is 1.08. The van der Waals surface area contributed by atoms with E-state index in [0.717, 1.165) is 32.4 Å². The van der Waals surface area contributed by atoms with Crippen molar-refractivity contribution in [1.82, 2.24) is 10.2 Å². The fourth-order valence-electron chi connectivity index (χ4n) is 3.16. The molecule has 3 unspecified atom stereocenters. The van der Waals surface area contributed by atoms with Crippen LogP contribution in [0.5, 0.6) is 0 Å². The molecular formula is C13H24N2O3. The van der Waals surface area contributed by atoms with Crippen LogP contribution in [0.4, 0.5) is 0 Å². The topological polar surface area (TPSA) is 61.8 Å². The molecule has 0 spiro atoms. The summed E-state index contributed by atoms with van der Waals surface area (Å²) in [6, 6.07) is 0. The lowest BCUT2D eigenvalue weighted by atomic mass is 10.00. The molecule has 1 amide bonds. The minimum atomic E-state index is -0.148. The minimum absolute atomic E-state index is 0.0839. The van der Waals surface area contributed by atoms with E-state index in [1.165, 1.54) is 0 Å². The molecule has 0 aromatic rings. The summed E-state index contributed by atoms with van der Waals surface area (Å²) in [5.41, 5.74) is 0. The maximum absolute atomic E-state index is 11.7. The van der Waals surface area contributed by atoms with Gasteiger partial charge in [-0.15, -0.1) is 0 Å². The predicted octanol–water partition coefficient (Wildman–Crippen LogP) is -0.158. The Morgan fingerprint density at radius 1 is 1.44 bits per heavy atom. The second-order valence-corrected chi connectivity index (χ2v) is 5.46. The first-order valence-electron chi connectivity index (χ1n) is 6.86. The van der Waals surface area contributed by atoms with Crippen LogP contribution in [0.15, 0.2) is 0 Å². The van der Waals surface area contributed by atoms with Crippen LogP contribution in [0.2, 0.25) is 0 Å². The third-order valence-electron chi connectivity index (χ3n) is 4.11. The van der Waals surface area contributed by atoms with Gasteiger partial charge in [-0.2, -0.15) is 0 Å². The molecule has 2 N–H and O–H groups in total. The third-order valence-corrected chi connectivity index (χ3v) is 4.11. The number of ether oxygens (including phenoxy) is 1. The quantitative estimate of drug-likeness (QED) is 0.648. The number of rotatable bonds is 6. The zero-order chi connectivity index (χ0) is 13.0. The summed E-state index contributed by atoms with van der Waals surface area (Å²) >= 11 is 0. The first-order valence-corrected chi connectivity index (χ1v) is 6.86. The minimum Gasteiger partial charge on any atom is -0.393 e. The molecule has 18 heavy (non-hydrogen) atoms. The molecule has 1 saturated carbocycles. The van der Waals surface area contributed by atoms with Crippen molar-refractivity contribution in [3.05, 3.63) is 0 Å². The zero-order valence-electron chi connectivity index (χ0n) is 11.1. The lowest BCUT2D eigenvalue weighted by Crippen LogP contribution is -2.37.